The third-order valence-corrected chi connectivity index (χ3v) is 3.25. The van der Waals surface area contributed by atoms with Crippen LogP contribution in [0.4, 0.5) is 4.39 Å². The first kappa shape index (κ1) is 17.4. The number of aliphatic carboxylic acids is 1. The van der Waals surface area contributed by atoms with Crippen LogP contribution in [0.1, 0.15) is 39.2 Å². The topological polar surface area (TPSA) is 58.6 Å². The number of benzene rings is 1. The number of hydrogen-bond acceptors (Lipinski definition) is 3. The lowest BCUT2D eigenvalue weighted by Crippen LogP contribution is -2.37. The Labute approximate surface area is 125 Å². The number of ether oxygens (including phenoxy) is 1. The molecule has 0 radical (unpaired) electrons. The molecule has 0 aliphatic rings. The van der Waals surface area contributed by atoms with E-state index in [1.807, 2.05) is 0 Å². The van der Waals surface area contributed by atoms with Crippen molar-refractivity contribution in [3.63, 3.8) is 0 Å². The second-order valence-corrected chi connectivity index (χ2v) is 6.34. The first-order valence-corrected chi connectivity index (χ1v) is 7.01. The number of carbonyl (C=O) groups is 1. The maximum absolute atomic E-state index is 13.3. The summed E-state index contributed by atoms with van der Waals surface area (Å²) in [5.74, 6) is -1.13. The van der Waals surface area contributed by atoms with Crippen molar-refractivity contribution in [3.05, 3.63) is 29.6 Å². The standard InChI is InChI=1S/C16H24FNO3/c1-16(2,3)8-7-13(15(19)20)18-10-11-5-6-12(17)14(9-11)21-4/h5-6,9,13,18H,7-8,10H2,1-4H3,(H,19,20)/t13-/m0/s1. The Kier molecular flexibility index (Phi) is 6.15. The number of hydrogen-bond donors (Lipinski definition) is 2. The van der Waals surface area contributed by atoms with Crippen LogP contribution < -0.4 is 10.1 Å². The van der Waals surface area contributed by atoms with E-state index in [4.69, 9.17) is 4.74 Å². The fraction of sp³-hybridized carbons (Fsp3) is 0.562. The Bertz CT molecular complexity index is 483. The average Bonchev–Trinajstić information content (AvgIpc) is 2.38. The molecule has 1 atom stereocenters. The number of carboxylic acids is 1. The molecule has 0 bridgehead atoms. The molecule has 1 aromatic rings. The van der Waals surface area contributed by atoms with Crippen molar-refractivity contribution < 1.29 is 19.0 Å². The number of nitrogens with one attached hydrogen (secondary N) is 1. The summed E-state index contributed by atoms with van der Waals surface area (Å²) in [5, 5.41) is 12.2. The number of rotatable bonds is 7. The van der Waals surface area contributed by atoms with Crippen molar-refractivity contribution in [1.82, 2.24) is 5.32 Å². The van der Waals surface area contributed by atoms with Gasteiger partial charge in [-0.1, -0.05) is 26.8 Å². The third kappa shape index (κ3) is 6.12. The molecule has 0 unspecified atom stereocenters. The molecule has 0 heterocycles. The summed E-state index contributed by atoms with van der Waals surface area (Å²) >= 11 is 0. The van der Waals surface area contributed by atoms with Gasteiger partial charge in [-0.05, 0) is 36.0 Å². The van der Waals surface area contributed by atoms with Crippen LogP contribution in [0.15, 0.2) is 18.2 Å². The normalized spacial score (nSPS) is 13.0. The van der Waals surface area contributed by atoms with Gasteiger partial charge in [0.1, 0.15) is 6.04 Å². The lowest BCUT2D eigenvalue weighted by molar-refractivity contribution is -0.139. The van der Waals surface area contributed by atoms with Gasteiger partial charge in [-0.2, -0.15) is 0 Å². The Morgan fingerprint density at radius 3 is 2.62 bits per heavy atom. The van der Waals surface area contributed by atoms with E-state index in [1.54, 1.807) is 12.1 Å². The van der Waals surface area contributed by atoms with Gasteiger partial charge in [0.25, 0.3) is 0 Å². The summed E-state index contributed by atoms with van der Waals surface area (Å²) in [6, 6.07) is 3.90. The molecule has 0 saturated heterocycles. The summed E-state index contributed by atoms with van der Waals surface area (Å²) < 4.78 is 18.2. The molecule has 0 aromatic heterocycles. The Balaban J connectivity index is 2.63. The first-order valence-electron chi connectivity index (χ1n) is 7.01. The Hall–Kier alpha value is -1.62. The number of methoxy groups -OCH3 is 1. The zero-order chi connectivity index (χ0) is 16.0. The van der Waals surface area contributed by atoms with Gasteiger partial charge in [-0.25, -0.2) is 4.39 Å². The quantitative estimate of drug-likeness (QED) is 0.811. The molecular formula is C16H24FNO3. The van der Waals surface area contributed by atoms with Crippen molar-refractivity contribution in [1.29, 1.82) is 0 Å². The molecule has 0 spiro atoms. The molecule has 0 aliphatic carbocycles. The third-order valence-electron chi connectivity index (χ3n) is 3.25. The monoisotopic (exact) mass is 297 g/mol. The molecule has 0 amide bonds. The van der Waals surface area contributed by atoms with E-state index in [0.29, 0.717) is 13.0 Å². The fourth-order valence-electron chi connectivity index (χ4n) is 1.95. The summed E-state index contributed by atoms with van der Waals surface area (Å²) in [5.41, 5.74) is 0.879. The first-order chi connectivity index (χ1) is 9.73. The highest BCUT2D eigenvalue weighted by Gasteiger charge is 2.20. The highest BCUT2D eigenvalue weighted by molar-refractivity contribution is 5.73. The average molecular weight is 297 g/mol. The van der Waals surface area contributed by atoms with Crippen LogP contribution in [0.2, 0.25) is 0 Å². The molecule has 4 nitrogen and oxygen atoms in total. The van der Waals surface area contributed by atoms with Gasteiger partial charge >= 0.3 is 5.97 Å². The fourth-order valence-corrected chi connectivity index (χ4v) is 1.95. The molecule has 118 valence electrons. The number of carboxylic acid groups (broad SMARTS) is 1. The molecule has 0 aliphatic heterocycles. The van der Waals surface area contributed by atoms with Gasteiger partial charge < -0.3 is 15.2 Å². The lowest BCUT2D eigenvalue weighted by Gasteiger charge is -2.21. The van der Waals surface area contributed by atoms with Crippen molar-refractivity contribution >= 4 is 5.97 Å². The number of halogens is 1. The van der Waals surface area contributed by atoms with Crippen LogP contribution in [0, 0.1) is 11.2 Å². The summed E-state index contributed by atoms with van der Waals surface area (Å²) in [7, 11) is 1.40. The minimum atomic E-state index is -0.867. The van der Waals surface area contributed by atoms with Crippen molar-refractivity contribution in [2.24, 2.45) is 5.41 Å². The zero-order valence-corrected chi connectivity index (χ0v) is 13.1. The maximum atomic E-state index is 13.3. The second-order valence-electron chi connectivity index (χ2n) is 6.34. The lowest BCUT2D eigenvalue weighted by atomic mass is 9.88. The van der Waals surface area contributed by atoms with Gasteiger partial charge in [0.2, 0.25) is 0 Å². The van der Waals surface area contributed by atoms with Crippen LogP contribution in [0.3, 0.4) is 0 Å². The van der Waals surface area contributed by atoms with Crippen molar-refractivity contribution in [3.8, 4) is 5.75 Å². The summed E-state index contributed by atoms with van der Waals surface area (Å²) in [4.78, 5) is 11.3. The van der Waals surface area contributed by atoms with Crippen LogP contribution in [0.5, 0.6) is 5.75 Å². The van der Waals surface area contributed by atoms with E-state index in [9.17, 15) is 14.3 Å². The SMILES string of the molecule is COc1cc(CN[C@@H](CCC(C)(C)C)C(=O)O)ccc1F. The molecule has 5 heteroatoms. The highest BCUT2D eigenvalue weighted by atomic mass is 19.1. The summed E-state index contributed by atoms with van der Waals surface area (Å²) in [6.07, 6.45) is 1.36. The van der Waals surface area contributed by atoms with Crippen molar-refractivity contribution in [2.75, 3.05) is 7.11 Å². The largest absolute Gasteiger partial charge is 0.494 e. The van der Waals surface area contributed by atoms with E-state index >= 15 is 0 Å². The van der Waals surface area contributed by atoms with Gasteiger partial charge in [0.05, 0.1) is 7.11 Å². The van der Waals surface area contributed by atoms with Gasteiger partial charge in [-0.15, -0.1) is 0 Å². The molecular weight excluding hydrogens is 273 g/mol. The van der Waals surface area contributed by atoms with Crippen LogP contribution in [-0.4, -0.2) is 24.2 Å². The van der Waals surface area contributed by atoms with Gasteiger partial charge in [0.15, 0.2) is 11.6 Å². The zero-order valence-electron chi connectivity index (χ0n) is 13.1. The predicted molar refractivity (Wildman–Crippen MR) is 79.9 cm³/mol. The highest BCUT2D eigenvalue weighted by Crippen LogP contribution is 2.22. The molecule has 0 saturated carbocycles. The molecule has 0 fully saturated rings. The minimum Gasteiger partial charge on any atom is -0.494 e. The molecule has 1 rings (SSSR count). The van der Waals surface area contributed by atoms with E-state index in [1.165, 1.54) is 13.2 Å². The molecule has 1 aromatic carbocycles. The van der Waals surface area contributed by atoms with E-state index in [2.05, 4.69) is 26.1 Å². The van der Waals surface area contributed by atoms with Crippen LogP contribution >= 0.6 is 0 Å². The van der Waals surface area contributed by atoms with E-state index in [0.717, 1.165) is 12.0 Å². The van der Waals surface area contributed by atoms with Gasteiger partial charge in [-0.3, -0.25) is 4.79 Å². The maximum Gasteiger partial charge on any atom is 0.320 e. The smallest absolute Gasteiger partial charge is 0.320 e. The van der Waals surface area contributed by atoms with Gasteiger partial charge in [0, 0.05) is 6.54 Å². The van der Waals surface area contributed by atoms with Crippen LogP contribution in [0.25, 0.3) is 0 Å². The van der Waals surface area contributed by atoms with Crippen LogP contribution in [-0.2, 0) is 11.3 Å². The van der Waals surface area contributed by atoms with E-state index in [-0.39, 0.29) is 11.2 Å². The predicted octanol–water partition coefficient (Wildman–Crippen LogP) is 3.20. The Morgan fingerprint density at radius 2 is 2.10 bits per heavy atom. The molecule has 2 N–H and O–H groups in total. The second kappa shape index (κ2) is 7.41. The molecule has 21 heavy (non-hydrogen) atoms. The minimum absolute atomic E-state index is 0.0917. The summed E-state index contributed by atoms with van der Waals surface area (Å²) in [6.45, 7) is 6.60. The van der Waals surface area contributed by atoms with Crippen molar-refractivity contribution in [2.45, 2.75) is 46.2 Å². The van der Waals surface area contributed by atoms with E-state index < -0.39 is 17.8 Å². The Morgan fingerprint density at radius 1 is 1.43 bits per heavy atom.